The summed E-state index contributed by atoms with van der Waals surface area (Å²) in [6.07, 6.45) is 5.28. The van der Waals surface area contributed by atoms with Gasteiger partial charge in [0, 0.05) is 6.54 Å². The zero-order chi connectivity index (χ0) is 12.9. The van der Waals surface area contributed by atoms with Crippen molar-refractivity contribution >= 4 is 5.69 Å². The quantitative estimate of drug-likeness (QED) is 0.431. The average Bonchev–Trinajstić information content (AvgIpc) is 2.73. The van der Waals surface area contributed by atoms with Crippen molar-refractivity contribution in [3.8, 4) is 6.07 Å². The minimum Gasteiger partial charge on any atom is -0.266 e. The molecular formula is C11H16N4O2. The fourth-order valence-corrected chi connectivity index (χ4v) is 1.47. The summed E-state index contributed by atoms with van der Waals surface area (Å²) >= 11 is 0. The zero-order valence-corrected chi connectivity index (χ0v) is 10.1. The molecule has 6 heteroatoms. The fourth-order valence-electron chi connectivity index (χ4n) is 1.47. The minimum absolute atomic E-state index is 0.0161. The van der Waals surface area contributed by atoms with E-state index in [9.17, 15) is 10.1 Å². The van der Waals surface area contributed by atoms with Gasteiger partial charge in [0.25, 0.3) is 0 Å². The number of aromatic nitrogens is 2. The fraction of sp³-hybridized carbons (Fsp3) is 0.636. The normalized spacial score (nSPS) is 11.1. The van der Waals surface area contributed by atoms with Crippen molar-refractivity contribution in [2.24, 2.45) is 5.41 Å². The Kier molecular flexibility index (Phi) is 4.21. The van der Waals surface area contributed by atoms with E-state index < -0.39 is 4.92 Å². The first-order valence-electron chi connectivity index (χ1n) is 5.53. The van der Waals surface area contributed by atoms with Crippen LogP contribution in [0.2, 0.25) is 0 Å². The summed E-state index contributed by atoms with van der Waals surface area (Å²) in [6.45, 7) is 4.47. The van der Waals surface area contributed by atoms with Crippen LogP contribution in [0, 0.1) is 26.9 Å². The van der Waals surface area contributed by atoms with Crippen LogP contribution in [0.5, 0.6) is 0 Å². The number of aryl methyl sites for hydroxylation is 1. The summed E-state index contributed by atoms with van der Waals surface area (Å²) in [5, 5.41) is 23.2. The largest absolute Gasteiger partial charge is 0.306 e. The molecule has 0 atom stereocenters. The van der Waals surface area contributed by atoms with Gasteiger partial charge in [0.15, 0.2) is 0 Å². The maximum atomic E-state index is 10.4. The molecule has 0 aliphatic rings. The molecule has 0 aliphatic carbocycles. The summed E-state index contributed by atoms with van der Waals surface area (Å²) in [7, 11) is 0. The van der Waals surface area contributed by atoms with Crippen LogP contribution in [0.15, 0.2) is 12.4 Å². The van der Waals surface area contributed by atoms with Crippen molar-refractivity contribution in [1.29, 1.82) is 5.26 Å². The van der Waals surface area contributed by atoms with E-state index in [0.29, 0.717) is 6.54 Å². The van der Waals surface area contributed by atoms with Crippen molar-refractivity contribution in [3.05, 3.63) is 22.5 Å². The Morgan fingerprint density at radius 3 is 2.82 bits per heavy atom. The predicted octanol–water partition coefficient (Wildman–Crippen LogP) is 2.51. The summed E-state index contributed by atoms with van der Waals surface area (Å²) in [5.41, 5.74) is -0.279. The van der Waals surface area contributed by atoms with Crippen molar-refractivity contribution in [2.75, 3.05) is 0 Å². The van der Waals surface area contributed by atoms with Gasteiger partial charge in [-0.25, -0.2) is 0 Å². The van der Waals surface area contributed by atoms with Gasteiger partial charge in [-0.15, -0.1) is 0 Å². The number of hydrogen-bond donors (Lipinski definition) is 0. The molecule has 0 aromatic carbocycles. The third-order valence-corrected chi connectivity index (χ3v) is 2.57. The number of hydrogen-bond acceptors (Lipinski definition) is 4. The Hall–Kier alpha value is -1.90. The first kappa shape index (κ1) is 13.2. The molecule has 0 N–H and O–H groups in total. The molecule has 0 saturated heterocycles. The molecule has 1 aromatic rings. The van der Waals surface area contributed by atoms with Crippen LogP contribution in [-0.4, -0.2) is 14.7 Å². The Balaban J connectivity index is 2.32. The van der Waals surface area contributed by atoms with Gasteiger partial charge in [0.05, 0.1) is 16.4 Å². The number of nitriles is 1. The van der Waals surface area contributed by atoms with Gasteiger partial charge >= 0.3 is 5.69 Å². The van der Waals surface area contributed by atoms with Gasteiger partial charge < -0.3 is 0 Å². The molecule has 0 aliphatic heterocycles. The molecule has 1 heterocycles. The van der Waals surface area contributed by atoms with E-state index in [2.05, 4.69) is 11.2 Å². The molecule has 1 rings (SSSR count). The SMILES string of the molecule is CC(C)(C#N)CCCCn1cc([N+](=O)[O-])cn1. The van der Waals surface area contributed by atoms with Crippen LogP contribution in [-0.2, 0) is 6.54 Å². The third-order valence-electron chi connectivity index (χ3n) is 2.57. The summed E-state index contributed by atoms with van der Waals surface area (Å²) in [5.74, 6) is 0. The lowest BCUT2D eigenvalue weighted by Crippen LogP contribution is -2.08. The van der Waals surface area contributed by atoms with Crippen molar-refractivity contribution in [1.82, 2.24) is 9.78 Å². The third kappa shape index (κ3) is 4.23. The highest BCUT2D eigenvalue weighted by atomic mass is 16.6. The van der Waals surface area contributed by atoms with E-state index in [-0.39, 0.29) is 11.1 Å². The van der Waals surface area contributed by atoms with Gasteiger partial charge in [-0.3, -0.25) is 14.8 Å². The monoisotopic (exact) mass is 236 g/mol. The summed E-state index contributed by atoms with van der Waals surface area (Å²) < 4.78 is 1.57. The number of nitro groups is 1. The molecule has 0 spiro atoms. The van der Waals surface area contributed by atoms with Crippen LogP contribution in [0.3, 0.4) is 0 Å². The molecule has 0 fully saturated rings. The van der Waals surface area contributed by atoms with E-state index in [4.69, 9.17) is 5.26 Å². The second-order valence-electron chi connectivity index (χ2n) is 4.67. The number of unbranched alkanes of at least 4 members (excludes halogenated alkanes) is 1. The summed E-state index contributed by atoms with van der Waals surface area (Å²) in [6, 6.07) is 2.25. The lowest BCUT2D eigenvalue weighted by molar-refractivity contribution is -0.385. The van der Waals surface area contributed by atoms with Crippen LogP contribution < -0.4 is 0 Å². The van der Waals surface area contributed by atoms with Gasteiger partial charge in [0.2, 0.25) is 0 Å². The highest BCUT2D eigenvalue weighted by molar-refractivity contribution is 5.20. The molecule has 1 aromatic heterocycles. The van der Waals surface area contributed by atoms with E-state index in [1.54, 1.807) is 4.68 Å². The Morgan fingerprint density at radius 2 is 2.29 bits per heavy atom. The lowest BCUT2D eigenvalue weighted by Gasteiger charge is -2.13. The topological polar surface area (TPSA) is 84.8 Å². The molecule has 0 radical (unpaired) electrons. The van der Waals surface area contributed by atoms with Gasteiger partial charge in [0.1, 0.15) is 12.4 Å². The molecule has 0 unspecified atom stereocenters. The molecule has 0 bridgehead atoms. The van der Waals surface area contributed by atoms with E-state index in [1.807, 2.05) is 13.8 Å². The first-order valence-corrected chi connectivity index (χ1v) is 5.53. The van der Waals surface area contributed by atoms with Crippen molar-refractivity contribution in [3.63, 3.8) is 0 Å². The highest BCUT2D eigenvalue weighted by Gasteiger charge is 2.15. The van der Waals surface area contributed by atoms with Gasteiger partial charge in [-0.05, 0) is 26.7 Å². The Bertz CT molecular complexity index is 431. The molecule has 17 heavy (non-hydrogen) atoms. The van der Waals surface area contributed by atoms with Crippen LogP contribution >= 0.6 is 0 Å². The number of nitrogens with zero attached hydrogens (tertiary/aromatic N) is 4. The first-order chi connectivity index (χ1) is 7.94. The van der Waals surface area contributed by atoms with Crippen molar-refractivity contribution < 1.29 is 4.92 Å². The molecule has 0 amide bonds. The smallest absolute Gasteiger partial charge is 0.266 e. The number of rotatable bonds is 6. The van der Waals surface area contributed by atoms with Gasteiger partial charge in [-0.1, -0.05) is 6.42 Å². The van der Waals surface area contributed by atoms with Crippen LogP contribution in [0.25, 0.3) is 0 Å². The summed E-state index contributed by atoms with van der Waals surface area (Å²) in [4.78, 5) is 9.97. The molecular weight excluding hydrogens is 220 g/mol. The zero-order valence-electron chi connectivity index (χ0n) is 10.1. The Morgan fingerprint density at radius 1 is 1.59 bits per heavy atom. The average molecular weight is 236 g/mol. The second-order valence-corrected chi connectivity index (χ2v) is 4.67. The predicted molar refractivity (Wildman–Crippen MR) is 62.1 cm³/mol. The van der Waals surface area contributed by atoms with E-state index in [1.165, 1.54) is 12.4 Å². The van der Waals surface area contributed by atoms with E-state index >= 15 is 0 Å². The maximum absolute atomic E-state index is 10.4. The highest BCUT2D eigenvalue weighted by Crippen LogP contribution is 2.21. The lowest BCUT2D eigenvalue weighted by atomic mass is 9.89. The molecule has 0 saturated carbocycles. The second kappa shape index (κ2) is 5.43. The molecule has 6 nitrogen and oxygen atoms in total. The van der Waals surface area contributed by atoms with Crippen LogP contribution in [0.4, 0.5) is 5.69 Å². The van der Waals surface area contributed by atoms with Crippen molar-refractivity contribution in [2.45, 2.75) is 39.7 Å². The van der Waals surface area contributed by atoms with Gasteiger partial charge in [-0.2, -0.15) is 10.4 Å². The maximum Gasteiger partial charge on any atom is 0.306 e. The molecule has 92 valence electrons. The van der Waals surface area contributed by atoms with E-state index in [0.717, 1.165) is 19.3 Å². The standard InChI is InChI=1S/C11H16N4O2/c1-11(2,9-12)5-3-4-6-14-8-10(7-13-14)15(16)17/h7-8H,3-6H2,1-2H3. The Labute approximate surface area is 100 Å². The minimum atomic E-state index is -0.456. The van der Waals surface area contributed by atoms with Crippen LogP contribution in [0.1, 0.15) is 33.1 Å².